The Morgan fingerprint density at radius 3 is 2.00 bits per heavy atom. The molecule has 32 heavy (non-hydrogen) atoms. The van der Waals surface area contributed by atoms with Crippen molar-refractivity contribution in [2.75, 3.05) is 12.8 Å². The first kappa shape index (κ1) is 23.3. The van der Waals surface area contributed by atoms with Crippen LogP contribution in [0.5, 0.6) is 5.75 Å². The predicted octanol–water partition coefficient (Wildman–Crippen LogP) is 6.05. The Hall–Kier alpha value is -3.37. The number of anilines is 1. The van der Waals surface area contributed by atoms with E-state index in [0.717, 1.165) is 27.9 Å². The summed E-state index contributed by atoms with van der Waals surface area (Å²) in [5, 5.41) is 27.3. The van der Waals surface area contributed by atoms with E-state index >= 15 is 0 Å². The van der Waals surface area contributed by atoms with E-state index in [1.165, 1.54) is 13.1 Å². The largest absolute Gasteiger partial charge is 0.505 e. The third kappa shape index (κ3) is 3.94. The van der Waals surface area contributed by atoms with Crippen LogP contribution in [0.4, 0.5) is 22.7 Å². The smallest absolute Gasteiger partial charge is 0.296 e. The van der Waals surface area contributed by atoms with E-state index in [1.807, 2.05) is 33.8 Å². The van der Waals surface area contributed by atoms with Crippen molar-refractivity contribution >= 4 is 43.6 Å². The van der Waals surface area contributed by atoms with Gasteiger partial charge in [-0.3, -0.25) is 4.55 Å². The Morgan fingerprint density at radius 2 is 1.41 bits per heavy atom. The summed E-state index contributed by atoms with van der Waals surface area (Å²) in [6.07, 6.45) is 0. The number of rotatable bonds is 4. The maximum atomic E-state index is 11.8. The molecule has 3 rings (SSSR count). The minimum Gasteiger partial charge on any atom is -0.505 e. The van der Waals surface area contributed by atoms with Gasteiger partial charge in [0.05, 0.1) is 16.8 Å². The van der Waals surface area contributed by atoms with Crippen LogP contribution in [-0.4, -0.2) is 25.1 Å². The van der Waals surface area contributed by atoms with Crippen LogP contribution in [-0.2, 0) is 10.1 Å². The normalized spacial score (nSPS) is 12.5. The average molecular weight is 456 g/mol. The molecule has 0 saturated heterocycles. The molecule has 3 aromatic rings. The third-order valence-corrected chi connectivity index (χ3v) is 6.45. The topological polar surface area (TPSA) is 150 Å². The fourth-order valence-corrected chi connectivity index (χ4v) is 4.39. The Balaban J connectivity index is 2.31. The molecule has 0 spiro atoms. The summed E-state index contributed by atoms with van der Waals surface area (Å²) in [5.41, 5.74) is 12.0. The first-order valence-corrected chi connectivity index (χ1v) is 11.2. The van der Waals surface area contributed by atoms with Gasteiger partial charge in [0.1, 0.15) is 16.3 Å². The number of fused-ring (bicyclic) bond motifs is 1. The number of aryl methyl sites for hydroxylation is 3. The lowest BCUT2D eigenvalue weighted by Crippen LogP contribution is -2.00. The molecule has 0 aliphatic heterocycles. The van der Waals surface area contributed by atoms with Crippen LogP contribution in [0, 0.1) is 34.6 Å². The number of azo groups is 2. The molecular formula is C22H25N5O4S. The molecular weight excluding hydrogens is 430 g/mol. The van der Waals surface area contributed by atoms with Crippen LogP contribution in [0.25, 0.3) is 10.8 Å². The van der Waals surface area contributed by atoms with Gasteiger partial charge in [0.25, 0.3) is 10.1 Å². The van der Waals surface area contributed by atoms with Gasteiger partial charge in [0.2, 0.25) is 0 Å². The number of hydrogen-bond donors (Lipinski definition) is 3. The van der Waals surface area contributed by atoms with E-state index in [-0.39, 0.29) is 11.1 Å². The van der Waals surface area contributed by atoms with Crippen molar-refractivity contribution in [3.05, 3.63) is 46.0 Å². The SMILES string of the molecule is CN=Nc1c(S(=O)(=O)O)cc2cc(C)c(N=Nc3c(C)cc(C)c(C)c3C)c(N)c2c1O. The number of benzene rings is 3. The van der Waals surface area contributed by atoms with Crippen LogP contribution in [0.1, 0.15) is 27.8 Å². The zero-order chi connectivity index (χ0) is 24.0. The van der Waals surface area contributed by atoms with Crippen molar-refractivity contribution < 1.29 is 18.1 Å². The second-order valence-corrected chi connectivity index (χ2v) is 9.10. The quantitative estimate of drug-likeness (QED) is 0.249. The predicted molar refractivity (Wildman–Crippen MR) is 125 cm³/mol. The number of aromatic hydroxyl groups is 1. The molecule has 3 aromatic carbocycles. The summed E-state index contributed by atoms with van der Waals surface area (Å²) in [4.78, 5) is -0.567. The van der Waals surface area contributed by atoms with Crippen LogP contribution in [0.3, 0.4) is 0 Å². The second kappa shape index (κ2) is 8.29. The van der Waals surface area contributed by atoms with E-state index in [0.29, 0.717) is 16.6 Å². The summed E-state index contributed by atoms with van der Waals surface area (Å²) >= 11 is 0. The van der Waals surface area contributed by atoms with Gasteiger partial charge in [-0.05, 0) is 80.0 Å². The van der Waals surface area contributed by atoms with Crippen LogP contribution >= 0.6 is 0 Å². The first-order chi connectivity index (χ1) is 14.9. The molecule has 0 atom stereocenters. The van der Waals surface area contributed by atoms with E-state index in [9.17, 15) is 18.1 Å². The monoisotopic (exact) mass is 455 g/mol. The Bertz CT molecular complexity index is 1430. The summed E-state index contributed by atoms with van der Waals surface area (Å²) in [6, 6.07) is 4.84. The molecule has 9 nitrogen and oxygen atoms in total. The average Bonchev–Trinajstić information content (AvgIpc) is 2.69. The van der Waals surface area contributed by atoms with E-state index in [1.54, 1.807) is 13.0 Å². The van der Waals surface area contributed by atoms with Gasteiger partial charge in [0, 0.05) is 7.05 Å². The Kier molecular flexibility index (Phi) is 6.03. The highest BCUT2D eigenvalue weighted by atomic mass is 32.2. The van der Waals surface area contributed by atoms with Gasteiger partial charge in [0.15, 0.2) is 5.75 Å². The highest BCUT2D eigenvalue weighted by molar-refractivity contribution is 7.86. The molecule has 0 aliphatic carbocycles. The van der Waals surface area contributed by atoms with Crippen molar-refractivity contribution in [3.63, 3.8) is 0 Å². The summed E-state index contributed by atoms with van der Waals surface area (Å²) < 4.78 is 33.2. The van der Waals surface area contributed by atoms with Crippen molar-refractivity contribution in [2.24, 2.45) is 20.5 Å². The van der Waals surface area contributed by atoms with E-state index in [2.05, 4.69) is 20.5 Å². The minimum absolute atomic E-state index is 0.106. The molecule has 0 bridgehead atoms. The van der Waals surface area contributed by atoms with E-state index < -0.39 is 26.5 Å². The molecule has 4 N–H and O–H groups in total. The van der Waals surface area contributed by atoms with Gasteiger partial charge < -0.3 is 10.8 Å². The molecule has 0 aromatic heterocycles. The molecule has 10 heteroatoms. The van der Waals surface area contributed by atoms with Crippen molar-refractivity contribution in [3.8, 4) is 5.75 Å². The number of phenols is 1. The third-order valence-electron chi connectivity index (χ3n) is 5.58. The van der Waals surface area contributed by atoms with Crippen molar-refractivity contribution in [1.82, 2.24) is 0 Å². The molecule has 168 valence electrons. The summed E-state index contributed by atoms with van der Waals surface area (Å²) in [7, 11) is -3.36. The fraction of sp³-hybridized carbons (Fsp3) is 0.273. The molecule has 0 radical (unpaired) electrons. The number of phenolic OH excluding ortho intramolecular Hbond substituents is 1. The first-order valence-electron chi connectivity index (χ1n) is 9.73. The molecule has 0 unspecified atom stereocenters. The standard InChI is InChI=1S/C22H25N5O4S/c1-10-7-11(2)19(14(5)13(10)4)26-27-20-12(3)8-15-9-16(32(29,30)31)21(25-24-6)22(28)17(15)18(20)23/h7-9,28H,23H2,1-6H3,(H,29,30,31). The number of nitrogens with zero attached hydrogens (tertiary/aromatic N) is 4. The fourth-order valence-electron chi connectivity index (χ4n) is 3.73. The lowest BCUT2D eigenvalue weighted by atomic mass is 9.99. The lowest BCUT2D eigenvalue weighted by molar-refractivity contribution is 0.472. The maximum absolute atomic E-state index is 11.8. The zero-order valence-corrected chi connectivity index (χ0v) is 19.5. The second-order valence-electron chi connectivity index (χ2n) is 7.71. The highest BCUT2D eigenvalue weighted by Crippen LogP contribution is 2.47. The van der Waals surface area contributed by atoms with Crippen LogP contribution < -0.4 is 5.73 Å². The molecule has 0 heterocycles. The molecule has 0 amide bonds. The summed E-state index contributed by atoms with van der Waals surface area (Å²) in [5.74, 6) is -0.520. The van der Waals surface area contributed by atoms with Crippen molar-refractivity contribution in [1.29, 1.82) is 0 Å². The van der Waals surface area contributed by atoms with Gasteiger partial charge in [-0.15, -0.1) is 10.2 Å². The number of nitrogens with two attached hydrogens (primary N) is 1. The number of hydrogen-bond acceptors (Lipinski definition) is 8. The van der Waals surface area contributed by atoms with Crippen LogP contribution in [0.2, 0.25) is 0 Å². The number of nitrogen functional groups attached to an aromatic ring is 1. The zero-order valence-electron chi connectivity index (χ0n) is 18.7. The minimum atomic E-state index is -4.67. The van der Waals surface area contributed by atoms with Gasteiger partial charge in [-0.2, -0.15) is 18.6 Å². The Labute approximate surface area is 186 Å². The van der Waals surface area contributed by atoms with Gasteiger partial charge >= 0.3 is 0 Å². The van der Waals surface area contributed by atoms with Gasteiger partial charge in [-0.25, -0.2) is 0 Å². The molecule has 0 aliphatic rings. The van der Waals surface area contributed by atoms with Gasteiger partial charge in [-0.1, -0.05) is 6.07 Å². The van der Waals surface area contributed by atoms with E-state index in [4.69, 9.17) is 5.73 Å². The Morgan fingerprint density at radius 1 is 0.812 bits per heavy atom. The molecule has 0 fully saturated rings. The molecule has 0 saturated carbocycles. The highest BCUT2D eigenvalue weighted by Gasteiger charge is 2.24. The summed E-state index contributed by atoms with van der Waals surface area (Å²) in [6.45, 7) is 9.73. The van der Waals surface area contributed by atoms with Crippen LogP contribution in [0.15, 0.2) is 43.6 Å². The maximum Gasteiger partial charge on any atom is 0.296 e. The lowest BCUT2D eigenvalue weighted by Gasteiger charge is -2.14. The van der Waals surface area contributed by atoms with Crippen molar-refractivity contribution in [2.45, 2.75) is 39.5 Å².